The first-order chi connectivity index (χ1) is 14.6. The summed E-state index contributed by atoms with van der Waals surface area (Å²) in [5.41, 5.74) is 7.95. The van der Waals surface area contributed by atoms with Gasteiger partial charge in [0.15, 0.2) is 0 Å². The maximum Gasteiger partial charge on any atom is 0.411 e. The molecule has 0 spiro atoms. The molecule has 30 heavy (non-hydrogen) atoms. The van der Waals surface area contributed by atoms with Crippen molar-refractivity contribution in [2.24, 2.45) is 0 Å². The molecule has 4 aromatic rings. The Labute approximate surface area is 174 Å². The Morgan fingerprint density at radius 1 is 0.900 bits per heavy atom. The second-order valence-electron chi connectivity index (χ2n) is 7.43. The zero-order valence-corrected chi connectivity index (χ0v) is 16.6. The molecule has 1 aliphatic rings. The molecule has 1 amide bonds. The number of amides is 1. The van der Waals surface area contributed by atoms with Crippen LogP contribution in [0.5, 0.6) is 0 Å². The standard InChI is InChI=1S/C25H21N3O2/c1-27(25(29)30)22-14-8-7-13-20(22)24-23-19-12-6-5-9-17(19)15-16-21(23)26-28(24)18-10-3-2-4-11-18/h2-14H,15-16H2,1H3,(H,29,30). The van der Waals surface area contributed by atoms with Crippen LogP contribution in [0.1, 0.15) is 11.3 Å². The predicted molar refractivity (Wildman–Crippen MR) is 118 cm³/mol. The van der Waals surface area contributed by atoms with Crippen molar-refractivity contribution in [1.82, 2.24) is 9.78 Å². The largest absolute Gasteiger partial charge is 0.465 e. The highest BCUT2D eigenvalue weighted by Gasteiger charge is 2.28. The van der Waals surface area contributed by atoms with Crippen molar-refractivity contribution in [3.05, 3.63) is 90.1 Å². The lowest BCUT2D eigenvalue weighted by atomic mass is 9.86. The fraction of sp³-hybridized carbons (Fsp3) is 0.120. The second kappa shape index (κ2) is 7.19. The molecule has 5 nitrogen and oxygen atoms in total. The van der Waals surface area contributed by atoms with Crippen LogP contribution in [0.15, 0.2) is 78.9 Å². The van der Waals surface area contributed by atoms with Crippen molar-refractivity contribution in [2.45, 2.75) is 12.8 Å². The minimum atomic E-state index is -0.998. The normalized spacial score (nSPS) is 12.2. The van der Waals surface area contributed by atoms with Crippen molar-refractivity contribution >= 4 is 11.8 Å². The van der Waals surface area contributed by atoms with E-state index in [1.165, 1.54) is 16.0 Å². The van der Waals surface area contributed by atoms with Gasteiger partial charge in [0.05, 0.1) is 22.8 Å². The van der Waals surface area contributed by atoms with E-state index < -0.39 is 6.09 Å². The summed E-state index contributed by atoms with van der Waals surface area (Å²) in [6, 6.07) is 26.0. The quantitative estimate of drug-likeness (QED) is 0.504. The third-order valence-corrected chi connectivity index (χ3v) is 5.68. The SMILES string of the molecule is CN(C(=O)O)c1ccccc1-c1c2c(nn1-c1ccccc1)CCc1ccccc1-2. The molecule has 0 radical (unpaired) electrons. The maximum absolute atomic E-state index is 11.8. The monoisotopic (exact) mass is 395 g/mol. The number of carbonyl (C=O) groups is 1. The third-order valence-electron chi connectivity index (χ3n) is 5.68. The molecule has 0 atom stereocenters. The van der Waals surface area contributed by atoms with Gasteiger partial charge in [-0.15, -0.1) is 0 Å². The van der Waals surface area contributed by atoms with Crippen LogP contribution in [0.2, 0.25) is 0 Å². The lowest BCUT2D eigenvalue weighted by molar-refractivity contribution is 0.203. The van der Waals surface area contributed by atoms with E-state index in [1.54, 1.807) is 7.05 Å². The molecule has 0 aliphatic heterocycles. The predicted octanol–water partition coefficient (Wildman–Crippen LogP) is 5.42. The molecule has 1 aromatic heterocycles. The van der Waals surface area contributed by atoms with E-state index >= 15 is 0 Å². The van der Waals surface area contributed by atoms with Gasteiger partial charge in [0.2, 0.25) is 0 Å². The number of hydrogen-bond donors (Lipinski definition) is 1. The summed E-state index contributed by atoms with van der Waals surface area (Å²) in [4.78, 5) is 13.0. The van der Waals surface area contributed by atoms with E-state index in [1.807, 2.05) is 65.3 Å². The van der Waals surface area contributed by atoms with Crippen molar-refractivity contribution in [1.29, 1.82) is 0 Å². The second-order valence-corrected chi connectivity index (χ2v) is 7.43. The van der Waals surface area contributed by atoms with Crippen LogP contribution < -0.4 is 4.90 Å². The number of hydrogen-bond acceptors (Lipinski definition) is 2. The first-order valence-electron chi connectivity index (χ1n) is 9.97. The summed E-state index contributed by atoms with van der Waals surface area (Å²) in [6.07, 6.45) is 0.809. The Bertz CT molecular complexity index is 1240. The molecule has 0 bridgehead atoms. The summed E-state index contributed by atoms with van der Waals surface area (Å²) in [7, 11) is 1.57. The highest BCUT2D eigenvalue weighted by molar-refractivity contribution is 5.96. The highest BCUT2D eigenvalue weighted by Crippen LogP contribution is 2.44. The molecule has 0 unspecified atom stereocenters. The molecule has 1 N–H and O–H groups in total. The number of para-hydroxylation sites is 2. The van der Waals surface area contributed by atoms with E-state index in [-0.39, 0.29) is 0 Å². The van der Waals surface area contributed by atoms with E-state index in [4.69, 9.17) is 5.10 Å². The lowest BCUT2D eigenvalue weighted by Crippen LogP contribution is -2.24. The number of anilines is 1. The fourth-order valence-electron chi connectivity index (χ4n) is 4.23. The van der Waals surface area contributed by atoms with E-state index in [0.29, 0.717) is 5.69 Å². The number of nitrogens with zero attached hydrogens (tertiary/aromatic N) is 3. The first kappa shape index (κ1) is 18.2. The van der Waals surface area contributed by atoms with Gasteiger partial charge < -0.3 is 5.11 Å². The zero-order chi connectivity index (χ0) is 20.7. The number of aromatic nitrogens is 2. The first-order valence-corrected chi connectivity index (χ1v) is 9.97. The molecule has 5 rings (SSSR count). The van der Waals surface area contributed by atoms with E-state index in [9.17, 15) is 9.90 Å². The number of benzene rings is 3. The summed E-state index contributed by atoms with van der Waals surface area (Å²) in [6.45, 7) is 0. The molecule has 0 fully saturated rings. The molecule has 1 heterocycles. The van der Waals surface area contributed by atoms with Crippen molar-refractivity contribution in [3.63, 3.8) is 0 Å². The lowest BCUT2D eigenvalue weighted by Gasteiger charge is -2.21. The average Bonchev–Trinajstić information content (AvgIpc) is 3.19. The molecule has 1 aliphatic carbocycles. The Morgan fingerprint density at radius 3 is 2.33 bits per heavy atom. The zero-order valence-electron chi connectivity index (χ0n) is 16.6. The van der Waals surface area contributed by atoms with Crippen LogP contribution in [-0.4, -0.2) is 28.0 Å². The van der Waals surface area contributed by atoms with Gasteiger partial charge in [0.25, 0.3) is 0 Å². The smallest absolute Gasteiger partial charge is 0.411 e. The van der Waals surface area contributed by atoms with Gasteiger partial charge in [-0.3, -0.25) is 4.90 Å². The van der Waals surface area contributed by atoms with Gasteiger partial charge in [-0.25, -0.2) is 9.48 Å². The van der Waals surface area contributed by atoms with Gasteiger partial charge in [0, 0.05) is 18.2 Å². The summed E-state index contributed by atoms with van der Waals surface area (Å²) < 4.78 is 1.96. The van der Waals surface area contributed by atoms with Gasteiger partial charge in [0.1, 0.15) is 0 Å². The topological polar surface area (TPSA) is 58.4 Å². The third kappa shape index (κ3) is 2.87. The van der Waals surface area contributed by atoms with Crippen LogP contribution in [0.25, 0.3) is 28.1 Å². The average molecular weight is 395 g/mol. The van der Waals surface area contributed by atoms with E-state index in [2.05, 4.69) is 18.2 Å². The fourth-order valence-corrected chi connectivity index (χ4v) is 4.23. The van der Waals surface area contributed by atoms with Gasteiger partial charge in [-0.1, -0.05) is 60.7 Å². The summed E-state index contributed by atoms with van der Waals surface area (Å²) in [5.74, 6) is 0. The number of fused-ring (bicyclic) bond motifs is 3. The molecular weight excluding hydrogens is 374 g/mol. The minimum Gasteiger partial charge on any atom is -0.465 e. The summed E-state index contributed by atoms with van der Waals surface area (Å²) in [5, 5.41) is 14.6. The highest BCUT2D eigenvalue weighted by atomic mass is 16.4. The van der Waals surface area contributed by atoms with Crippen molar-refractivity contribution in [2.75, 3.05) is 11.9 Å². The molecule has 0 saturated carbocycles. The van der Waals surface area contributed by atoms with Gasteiger partial charge in [-0.2, -0.15) is 5.10 Å². The molecular formula is C25H21N3O2. The molecule has 148 valence electrons. The maximum atomic E-state index is 11.8. The molecule has 0 saturated heterocycles. The van der Waals surface area contributed by atoms with Gasteiger partial charge in [-0.05, 0) is 42.2 Å². The van der Waals surface area contributed by atoms with Crippen LogP contribution in [0.3, 0.4) is 0 Å². The number of rotatable bonds is 3. The summed E-state index contributed by atoms with van der Waals surface area (Å²) >= 11 is 0. The van der Waals surface area contributed by atoms with E-state index in [0.717, 1.165) is 41.0 Å². The Balaban J connectivity index is 1.85. The van der Waals surface area contributed by atoms with Crippen molar-refractivity contribution in [3.8, 4) is 28.1 Å². The Morgan fingerprint density at radius 2 is 1.57 bits per heavy atom. The van der Waals surface area contributed by atoms with Gasteiger partial charge >= 0.3 is 6.09 Å². The Hall–Kier alpha value is -3.86. The molecule has 5 heteroatoms. The van der Waals surface area contributed by atoms with Crippen LogP contribution in [0, 0.1) is 0 Å². The van der Waals surface area contributed by atoms with Crippen LogP contribution >= 0.6 is 0 Å². The van der Waals surface area contributed by atoms with Crippen molar-refractivity contribution < 1.29 is 9.90 Å². The van der Waals surface area contributed by atoms with Crippen LogP contribution in [-0.2, 0) is 12.8 Å². The Kier molecular flexibility index (Phi) is 4.36. The number of carboxylic acid groups (broad SMARTS) is 1. The molecule has 3 aromatic carbocycles. The van der Waals surface area contributed by atoms with Crippen LogP contribution in [0.4, 0.5) is 10.5 Å². The minimum absolute atomic E-state index is 0.632. The number of aryl methyl sites for hydroxylation is 2.